The molecule has 64 valence electrons. The van der Waals surface area contributed by atoms with Crippen molar-refractivity contribution in [2.75, 3.05) is 6.61 Å². The fourth-order valence-corrected chi connectivity index (χ4v) is 2.04. The van der Waals surface area contributed by atoms with Crippen LogP contribution in [0, 0.1) is 0 Å². The fraction of sp³-hybridized carbons (Fsp3) is 1.00. The average Bonchev–Trinajstić information content (AvgIpc) is 2.71. The highest BCUT2D eigenvalue weighted by Crippen LogP contribution is 2.45. The summed E-state index contributed by atoms with van der Waals surface area (Å²) in [7, 11) is 0. The predicted octanol–water partition coefficient (Wildman–Crippen LogP) is 1.47. The molecule has 1 atom stereocenters. The molecule has 1 aliphatic carbocycles. The Balaban J connectivity index is 2.07. The molecule has 0 amide bonds. The first-order chi connectivity index (χ1) is 5.16. The van der Waals surface area contributed by atoms with Crippen molar-refractivity contribution >= 4 is 0 Å². The summed E-state index contributed by atoms with van der Waals surface area (Å²) >= 11 is 0. The van der Waals surface area contributed by atoms with Gasteiger partial charge in [-0.05, 0) is 19.8 Å². The molecule has 2 fully saturated rings. The van der Waals surface area contributed by atoms with E-state index in [1.165, 1.54) is 6.42 Å². The Morgan fingerprint density at radius 2 is 1.73 bits per heavy atom. The van der Waals surface area contributed by atoms with E-state index in [-0.39, 0.29) is 5.60 Å². The zero-order valence-electron chi connectivity index (χ0n) is 7.10. The Morgan fingerprint density at radius 1 is 1.18 bits per heavy atom. The van der Waals surface area contributed by atoms with Crippen LogP contribution < -0.4 is 0 Å². The van der Waals surface area contributed by atoms with E-state index in [0.29, 0.717) is 0 Å². The summed E-state index contributed by atoms with van der Waals surface area (Å²) in [4.78, 5) is 0. The smallest absolute Gasteiger partial charge is 0.117 e. The molecule has 1 N–H and O–H groups in total. The van der Waals surface area contributed by atoms with E-state index >= 15 is 0 Å². The molecular formula is C9H16O2. The Kier molecular flexibility index (Phi) is 1.52. The van der Waals surface area contributed by atoms with Crippen LogP contribution >= 0.6 is 0 Å². The zero-order valence-corrected chi connectivity index (χ0v) is 7.10. The molecule has 0 aromatic rings. The minimum atomic E-state index is -0.495. The number of hydrogen-bond acceptors (Lipinski definition) is 2. The number of hydrogen-bond donors (Lipinski definition) is 1. The molecule has 0 unspecified atom stereocenters. The lowest BCUT2D eigenvalue weighted by Crippen LogP contribution is -2.45. The maximum absolute atomic E-state index is 10.1. The second-order valence-corrected chi connectivity index (χ2v) is 4.11. The third-order valence-corrected chi connectivity index (χ3v) is 3.24. The van der Waals surface area contributed by atoms with E-state index in [9.17, 15) is 5.11 Å². The van der Waals surface area contributed by atoms with E-state index in [0.717, 1.165) is 32.3 Å². The van der Waals surface area contributed by atoms with E-state index in [1.54, 1.807) is 0 Å². The number of aliphatic hydroxyl groups is 1. The van der Waals surface area contributed by atoms with Crippen molar-refractivity contribution in [1.82, 2.24) is 0 Å². The van der Waals surface area contributed by atoms with Gasteiger partial charge in [-0.3, -0.25) is 0 Å². The minimum absolute atomic E-state index is 0.187. The molecule has 0 bridgehead atoms. The highest BCUT2D eigenvalue weighted by Gasteiger charge is 2.57. The fourth-order valence-electron chi connectivity index (χ4n) is 2.04. The van der Waals surface area contributed by atoms with Crippen LogP contribution in [-0.4, -0.2) is 22.9 Å². The normalized spacial score (nSPS) is 42.0. The van der Waals surface area contributed by atoms with Gasteiger partial charge < -0.3 is 9.84 Å². The van der Waals surface area contributed by atoms with Crippen molar-refractivity contribution in [1.29, 1.82) is 0 Å². The molecule has 1 aliphatic heterocycles. The maximum Gasteiger partial charge on any atom is 0.117 e. The second-order valence-electron chi connectivity index (χ2n) is 4.11. The molecule has 1 heterocycles. The summed E-state index contributed by atoms with van der Waals surface area (Å²) in [6.45, 7) is 2.78. The predicted molar refractivity (Wildman–Crippen MR) is 42.4 cm³/mol. The lowest BCUT2D eigenvalue weighted by molar-refractivity contribution is -0.0583. The first kappa shape index (κ1) is 7.56. The number of ether oxygens (including phenoxy) is 1. The summed E-state index contributed by atoms with van der Waals surface area (Å²) in [6.07, 6.45) is 5.47. The monoisotopic (exact) mass is 156 g/mol. The minimum Gasteiger partial charge on any atom is -0.387 e. The van der Waals surface area contributed by atoms with Gasteiger partial charge in [0.15, 0.2) is 0 Å². The largest absolute Gasteiger partial charge is 0.387 e. The second kappa shape index (κ2) is 2.20. The standard InChI is InChI=1S/C9H16O2/c1-8(7-11-8)9(10)5-3-2-4-6-9/h10H,2-7H2,1H3/t8-/m0/s1. The lowest BCUT2D eigenvalue weighted by Gasteiger charge is -2.35. The molecule has 0 aromatic heterocycles. The van der Waals surface area contributed by atoms with Crippen LogP contribution in [0.5, 0.6) is 0 Å². The summed E-state index contributed by atoms with van der Waals surface area (Å²) in [6, 6.07) is 0. The Morgan fingerprint density at radius 3 is 2.18 bits per heavy atom. The van der Waals surface area contributed by atoms with Crippen LogP contribution in [0.25, 0.3) is 0 Å². The Bertz CT molecular complexity index is 155. The van der Waals surface area contributed by atoms with E-state index in [2.05, 4.69) is 0 Å². The van der Waals surface area contributed by atoms with Gasteiger partial charge in [-0.2, -0.15) is 0 Å². The molecule has 0 radical (unpaired) electrons. The summed E-state index contributed by atoms with van der Waals surface area (Å²) in [5.41, 5.74) is -0.682. The summed E-state index contributed by atoms with van der Waals surface area (Å²) < 4.78 is 5.29. The molecule has 11 heavy (non-hydrogen) atoms. The molecule has 2 nitrogen and oxygen atoms in total. The van der Waals surface area contributed by atoms with Crippen molar-refractivity contribution in [2.45, 2.75) is 50.2 Å². The summed E-state index contributed by atoms with van der Waals surface area (Å²) in [5.74, 6) is 0. The van der Waals surface area contributed by atoms with Gasteiger partial charge >= 0.3 is 0 Å². The van der Waals surface area contributed by atoms with E-state index < -0.39 is 5.60 Å². The van der Waals surface area contributed by atoms with Crippen LogP contribution in [-0.2, 0) is 4.74 Å². The average molecular weight is 156 g/mol. The van der Waals surface area contributed by atoms with Crippen LogP contribution in [0.3, 0.4) is 0 Å². The molecule has 2 aliphatic rings. The van der Waals surface area contributed by atoms with Gasteiger partial charge in [0.05, 0.1) is 12.2 Å². The van der Waals surface area contributed by atoms with Gasteiger partial charge in [0, 0.05) is 0 Å². The molecule has 0 aromatic carbocycles. The Hall–Kier alpha value is -0.0800. The van der Waals surface area contributed by atoms with E-state index in [1.807, 2.05) is 6.92 Å². The van der Waals surface area contributed by atoms with Crippen LogP contribution in [0.2, 0.25) is 0 Å². The van der Waals surface area contributed by atoms with Crippen molar-refractivity contribution in [3.05, 3.63) is 0 Å². The maximum atomic E-state index is 10.1. The van der Waals surface area contributed by atoms with Gasteiger partial charge in [0.1, 0.15) is 5.60 Å². The first-order valence-corrected chi connectivity index (χ1v) is 4.53. The highest BCUT2D eigenvalue weighted by atomic mass is 16.6. The number of rotatable bonds is 1. The third-order valence-electron chi connectivity index (χ3n) is 3.24. The highest BCUT2D eigenvalue weighted by molar-refractivity contribution is 5.06. The Labute approximate surface area is 67.6 Å². The quantitative estimate of drug-likeness (QED) is 0.583. The lowest BCUT2D eigenvalue weighted by atomic mass is 9.76. The molecular weight excluding hydrogens is 140 g/mol. The molecule has 1 saturated carbocycles. The van der Waals surface area contributed by atoms with Crippen LogP contribution in [0.4, 0.5) is 0 Å². The van der Waals surface area contributed by atoms with E-state index in [4.69, 9.17) is 4.74 Å². The van der Waals surface area contributed by atoms with Crippen molar-refractivity contribution < 1.29 is 9.84 Å². The van der Waals surface area contributed by atoms with Crippen molar-refractivity contribution in [3.8, 4) is 0 Å². The van der Waals surface area contributed by atoms with Crippen LogP contribution in [0.1, 0.15) is 39.0 Å². The van der Waals surface area contributed by atoms with Crippen molar-refractivity contribution in [3.63, 3.8) is 0 Å². The molecule has 2 heteroatoms. The van der Waals surface area contributed by atoms with Gasteiger partial charge in [-0.25, -0.2) is 0 Å². The third kappa shape index (κ3) is 1.09. The van der Waals surface area contributed by atoms with Gasteiger partial charge in [0.2, 0.25) is 0 Å². The first-order valence-electron chi connectivity index (χ1n) is 4.53. The van der Waals surface area contributed by atoms with Gasteiger partial charge in [-0.15, -0.1) is 0 Å². The van der Waals surface area contributed by atoms with Gasteiger partial charge in [-0.1, -0.05) is 19.3 Å². The summed E-state index contributed by atoms with van der Waals surface area (Å²) in [5, 5.41) is 10.1. The molecule has 2 rings (SSSR count). The number of epoxide rings is 1. The molecule has 0 spiro atoms. The molecule has 1 saturated heterocycles. The topological polar surface area (TPSA) is 32.8 Å². The van der Waals surface area contributed by atoms with Gasteiger partial charge in [0.25, 0.3) is 0 Å². The SMILES string of the molecule is C[C@@]1(C2(O)CCCCC2)CO1. The van der Waals surface area contributed by atoms with Crippen molar-refractivity contribution in [2.24, 2.45) is 0 Å². The van der Waals surface area contributed by atoms with Crippen LogP contribution in [0.15, 0.2) is 0 Å². The zero-order chi connectivity index (χ0) is 7.95.